The smallest absolute Gasteiger partial charge is 0.320 e. The Morgan fingerprint density at radius 3 is 2.45 bits per heavy atom. The van der Waals surface area contributed by atoms with E-state index >= 15 is 0 Å². The molecule has 0 unspecified atom stereocenters. The molecule has 1 amide bonds. The Kier molecular flexibility index (Phi) is 3.97. The van der Waals surface area contributed by atoms with Gasteiger partial charge in [0.2, 0.25) is 0 Å². The zero-order valence-corrected chi connectivity index (χ0v) is 5.69. The number of amides is 1. The Labute approximate surface area is 62.4 Å². The third-order valence-electron chi connectivity index (χ3n) is 1.09. The lowest BCUT2D eigenvalue weighted by Gasteiger charge is -2.01. The lowest BCUT2D eigenvalue weighted by Crippen LogP contribution is -2.30. The van der Waals surface area contributed by atoms with Gasteiger partial charge in [-0.05, 0) is 6.42 Å². The molecule has 0 aromatic rings. The van der Waals surface area contributed by atoms with Crippen molar-refractivity contribution in [2.24, 2.45) is 10.9 Å². The van der Waals surface area contributed by atoms with Crippen molar-refractivity contribution in [3.8, 4) is 0 Å². The maximum atomic E-state index is 10.2. The zero-order valence-electron chi connectivity index (χ0n) is 5.69. The molecule has 0 fully saturated rings. The first-order chi connectivity index (χ1) is 5.07. The van der Waals surface area contributed by atoms with Crippen LogP contribution in [0.15, 0.2) is 5.18 Å². The number of aliphatic carboxylic acids is 1. The van der Waals surface area contributed by atoms with Gasteiger partial charge >= 0.3 is 5.97 Å². The number of nitroso groups, excluding NO2 is 1. The number of hydrogen-bond acceptors (Lipinski definition) is 4. The van der Waals surface area contributed by atoms with Gasteiger partial charge in [-0.2, -0.15) is 0 Å². The Morgan fingerprint density at radius 2 is 2.09 bits per heavy atom. The van der Waals surface area contributed by atoms with Crippen molar-refractivity contribution >= 4 is 11.9 Å². The van der Waals surface area contributed by atoms with E-state index in [0.717, 1.165) is 0 Å². The molecular weight excluding hydrogens is 152 g/mol. The predicted molar refractivity (Wildman–Crippen MR) is 35.6 cm³/mol. The van der Waals surface area contributed by atoms with E-state index in [-0.39, 0.29) is 12.8 Å². The number of carboxylic acid groups (broad SMARTS) is 1. The normalized spacial score (nSPS) is 12.1. The second kappa shape index (κ2) is 4.51. The third kappa shape index (κ3) is 4.15. The standard InChI is InChI=1S/C5H8N2O4/c6-3(5(9)10)1-2-4(8)7-11/h3H,1-2,6H2,(H,9,10)/t3-/m0/s1. The average Bonchev–Trinajstić information content (AvgIpc) is 1.99. The molecular formula is C5H8N2O4. The highest BCUT2D eigenvalue weighted by Gasteiger charge is 2.13. The largest absolute Gasteiger partial charge is 0.480 e. The Bertz CT molecular complexity index is 179. The molecule has 0 aromatic carbocycles. The van der Waals surface area contributed by atoms with E-state index in [1.54, 1.807) is 0 Å². The Hall–Kier alpha value is -1.30. The molecule has 6 heteroatoms. The van der Waals surface area contributed by atoms with Crippen LogP contribution in [0.3, 0.4) is 0 Å². The van der Waals surface area contributed by atoms with Gasteiger partial charge in [0.1, 0.15) is 6.04 Å². The molecule has 0 aliphatic rings. The van der Waals surface area contributed by atoms with Gasteiger partial charge < -0.3 is 10.8 Å². The number of carbonyl (C=O) groups is 2. The van der Waals surface area contributed by atoms with Crippen LogP contribution < -0.4 is 5.73 Å². The SMILES string of the molecule is N[C@@H](CCC(=O)N=O)C(=O)O. The van der Waals surface area contributed by atoms with Gasteiger partial charge in [0.25, 0.3) is 5.91 Å². The van der Waals surface area contributed by atoms with Crippen LogP contribution in [0.4, 0.5) is 0 Å². The van der Waals surface area contributed by atoms with Crippen molar-refractivity contribution in [3.05, 3.63) is 4.91 Å². The summed E-state index contributed by atoms with van der Waals surface area (Å²) in [4.78, 5) is 29.8. The Balaban J connectivity index is 3.62. The van der Waals surface area contributed by atoms with E-state index in [1.807, 2.05) is 0 Å². The summed E-state index contributed by atoms with van der Waals surface area (Å²) in [6, 6.07) is -1.10. The van der Waals surface area contributed by atoms with Crippen LogP contribution in [-0.2, 0) is 9.59 Å². The first-order valence-corrected chi connectivity index (χ1v) is 2.92. The lowest BCUT2D eigenvalue weighted by molar-refractivity contribution is -0.138. The molecule has 0 radical (unpaired) electrons. The van der Waals surface area contributed by atoms with E-state index in [0.29, 0.717) is 0 Å². The molecule has 3 N–H and O–H groups in total. The zero-order chi connectivity index (χ0) is 8.85. The molecule has 0 aliphatic heterocycles. The molecule has 0 heterocycles. The maximum absolute atomic E-state index is 10.2. The molecule has 62 valence electrons. The molecule has 1 atom stereocenters. The van der Waals surface area contributed by atoms with Crippen molar-refractivity contribution < 1.29 is 14.7 Å². The number of rotatable bonds is 4. The van der Waals surface area contributed by atoms with E-state index in [1.165, 1.54) is 0 Å². The fourth-order valence-electron chi connectivity index (χ4n) is 0.448. The first kappa shape index (κ1) is 9.70. The minimum atomic E-state index is -1.19. The van der Waals surface area contributed by atoms with E-state index in [9.17, 15) is 14.5 Å². The quantitative estimate of drug-likeness (QED) is 0.537. The van der Waals surface area contributed by atoms with Gasteiger partial charge in [-0.25, -0.2) is 0 Å². The molecule has 11 heavy (non-hydrogen) atoms. The molecule has 0 aromatic heterocycles. The summed E-state index contributed by atoms with van der Waals surface area (Å²) in [6.07, 6.45) is -0.267. The summed E-state index contributed by atoms with van der Waals surface area (Å²) in [7, 11) is 0. The van der Waals surface area contributed by atoms with Crippen molar-refractivity contribution in [2.45, 2.75) is 18.9 Å². The van der Waals surface area contributed by atoms with Gasteiger partial charge in [-0.15, -0.1) is 4.91 Å². The van der Waals surface area contributed by atoms with Crippen LogP contribution >= 0.6 is 0 Å². The maximum Gasteiger partial charge on any atom is 0.320 e. The molecule has 0 spiro atoms. The highest BCUT2D eigenvalue weighted by molar-refractivity contribution is 5.78. The van der Waals surface area contributed by atoms with Crippen molar-refractivity contribution in [3.63, 3.8) is 0 Å². The summed E-state index contributed by atoms with van der Waals surface area (Å²) in [5.74, 6) is -2.06. The molecule has 0 bridgehead atoms. The monoisotopic (exact) mass is 160 g/mol. The van der Waals surface area contributed by atoms with E-state index < -0.39 is 17.9 Å². The van der Waals surface area contributed by atoms with Crippen molar-refractivity contribution in [1.82, 2.24) is 0 Å². The second-order valence-corrected chi connectivity index (χ2v) is 1.97. The number of nitrogens with two attached hydrogens (primary N) is 1. The Morgan fingerprint density at radius 1 is 1.55 bits per heavy atom. The van der Waals surface area contributed by atoms with Crippen LogP contribution in [-0.4, -0.2) is 23.0 Å². The number of carbonyl (C=O) groups excluding carboxylic acids is 1. The summed E-state index contributed by atoms with van der Waals surface area (Å²) >= 11 is 0. The van der Waals surface area contributed by atoms with Crippen LogP contribution in [0.25, 0.3) is 0 Å². The predicted octanol–water partition coefficient (Wildman–Crippen LogP) is -0.528. The van der Waals surface area contributed by atoms with Crippen molar-refractivity contribution in [2.75, 3.05) is 0 Å². The molecule has 0 saturated heterocycles. The molecule has 0 aliphatic carbocycles. The highest BCUT2D eigenvalue weighted by Crippen LogP contribution is 1.95. The van der Waals surface area contributed by atoms with Gasteiger partial charge in [-0.3, -0.25) is 9.59 Å². The molecule has 6 nitrogen and oxygen atoms in total. The van der Waals surface area contributed by atoms with Gasteiger partial charge in [0.15, 0.2) is 0 Å². The topological polar surface area (TPSA) is 110 Å². The number of nitrogens with zero attached hydrogens (tertiary/aromatic N) is 1. The van der Waals surface area contributed by atoms with Gasteiger partial charge in [-0.1, -0.05) is 0 Å². The lowest BCUT2D eigenvalue weighted by atomic mass is 10.2. The van der Waals surface area contributed by atoms with E-state index in [4.69, 9.17) is 10.8 Å². The summed E-state index contributed by atoms with van der Waals surface area (Å²) in [5, 5.41) is 10.3. The fraction of sp³-hybridized carbons (Fsp3) is 0.600. The minimum Gasteiger partial charge on any atom is -0.480 e. The molecule has 0 saturated carbocycles. The van der Waals surface area contributed by atoms with Gasteiger partial charge in [0.05, 0.1) is 0 Å². The second-order valence-electron chi connectivity index (χ2n) is 1.97. The third-order valence-corrected chi connectivity index (χ3v) is 1.09. The first-order valence-electron chi connectivity index (χ1n) is 2.92. The van der Waals surface area contributed by atoms with Crippen LogP contribution in [0.1, 0.15) is 12.8 Å². The average molecular weight is 160 g/mol. The number of hydrogen-bond donors (Lipinski definition) is 2. The van der Waals surface area contributed by atoms with Crippen LogP contribution in [0.2, 0.25) is 0 Å². The fourth-order valence-corrected chi connectivity index (χ4v) is 0.448. The highest BCUT2D eigenvalue weighted by atomic mass is 16.4. The van der Waals surface area contributed by atoms with Gasteiger partial charge in [0, 0.05) is 11.6 Å². The summed E-state index contributed by atoms with van der Waals surface area (Å²) < 4.78 is 0. The van der Waals surface area contributed by atoms with Crippen LogP contribution in [0.5, 0.6) is 0 Å². The summed E-state index contributed by atoms with van der Waals surface area (Å²) in [5.41, 5.74) is 5.02. The van der Waals surface area contributed by atoms with Crippen molar-refractivity contribution in [1.29, 1.82) is 0 Å². The van der Waals surface area contributed by atoms with Crippen LogP contribution in [0, 0.1) is 4.91 Å². The minimum absolute atomic E-state index is 0.0556. The summed E-state index contributed by atoms with van der Waals surface area (Å²) in [6.45, 7) is 0. The van der Waals surface area contributed by atoms with E-state index in [2.05, 4.69) is 5.18 Å². The number of carboxylic acids is 1. The molecule has 0 rings (SSSR count).